The fraction of sp³-hybridized carbons (Fsp3) is 0.133. The maximum atomic E-state index is 13.4. The first-order valence-corrected chi connectivity index (χ1v) is 7.17. The number of halogens is 2. The van der Waals surface area contributed by atoms with Gasteiger partial charge in [0.25, 0.3) is 11.3 Å². The Labute approximate surface area is 133 Å². The van der Waals surface area contributed by atoms with Gasteiger partial charge >= 0.3 is 0 Å². The van der Waals surface area contributed by atoms with Crippen molar-refractivity contribution in [3.63, 3.8) is 0 Å². The van der Waals surface area contributed by atoms with Crippen molar-refractivity contribution in [2.24, 2.45) is 0 Å². The molecule has 0 saturated carbocycles. The van der Waals surface area contributed by atoms with Gasteiger partial charge in [0.05, 0.1) is 5.69 Å². The molecule has 4 rings (SSSR count). The van der Waals surface area contributed by atoms with Crippen LogP contribution >= 0.6 is 0 Å². The minimum absolute atomic E-state index is 0.0577. The number of pyridine rings is 1. The number of aromatic nitrogens is 6. The highest BCUT2D eigenvalue weighted by Gasteiger charge is 2.13. The first kappa shape index (κ1) is 14.4. The molecule has 1 aromatic carbocycles. The van der Waals surface area contributed by atoms with E-state index in [4.69, 9.17) is 0 Å². The molecule has 0 bridgehead atoms. The lowest BCUT2D eigenvalue weighted by atomic mass is 10.3. The standard InChI is InChI=1S/C15H10F2N6O/c1-2-12-18-15-20-19-13-11(23(15)21-12)5-6-22(14(13)24)8-3-4-9(16)10(17)7-8/h3-7H,2H2,1H3. The van der Waals surface area contributed by atoms with Crippen molar-refractivity contribution in [1.82, 2.24) is 29.4 Å². The second kappa shape index (κ2) is 5.15. The Balaban J connectivity index is 1.99. The monoisotopic (exact) mass is 328 g/mol. The number of aryl methyl sites for hydroxylation is 1. The summed E-state index contributed by atoms with van der Waals surface area (Å²) in [7, 11) is 0. The molecule has 7 nitrogen and oxygen atoms in total. The molecule has 24 heavy (non-hydrogen) atoms. The van der Waals surface area contributed by atoms with Crippen LogP contribution in [0.15, 0.2) is 35.3 Å². The summed E-state index contributed by atoms with van der Waals surface area (Å²) >= 11 is 0. The van der Waals surface area contributed by atoms with Crippen molar-refractivity contribution in [3.05, 3.63) is 58.3 Å². The van der Waals surface area contributed by atoms with Crippen LogP contribution in [0.5, 0.6) is 0 Å². The zero-order chi connectivity index (χ0) is 16.8. The fourth-order valence-electron chi connectivity index (χ4n) is 2.43. The van der Waals surface area contributed by atoms with Gasteiger partial charge in [0.2, 0.25) is 0 Å². The van der Waals surface area contributed by atoms with Crippen molar-refractivity contribution in [2.75, 3.05) is 0 Å². The molecular weight excluding hydrogens is 318 g/mol. The summed E-state index contributed by atoms with van der Waals surface area (Å²) in [5.41, 5.74) is 0.176. The van der Waals surface area contributed by atoms with Crippen LogP contribution in [0.3, 0.4) is 0 Å². The zero-order valence-corrected chi connectivity index (χ0v) is 12.4. The van der Waals surface area contributed by atoms with Gasteiger partial charge in [-0.15, -0.1) is 15.3 Å². The largest absolute Gasteiger partial charge is 0.285 e. The summed E-state index contributed by atoms with van der Waals surface area (Å²) < 4.78 is 29.1. The van der Waals surface area contributed by atoms with E-state index in [-0.39, 0.29) is 11.2 Å². The third-order valence-electron chi connectivity index (χ3n) is 3.64. The second-order valence-electron chi connectivity index (χ2n) is 5.12. The summed E-state index contributed by atoms with van der Waals surface area (Å²) in [5, 5.41) is 12.1. The predicted octanol–water partition coefficient (Wildman–Crippen LogP) is 1.66. The smallest absolute Gasteiger partial charge is 0.282 e. The highest BCUT2D eigenvalue weighted by molar-refractivity contribution is 5.74. The molecule has 3 heterocycles. The van der Waals surface area contributed by atoms with E-state index in [2.05, 4.69) is 20.3 Å². The minimum Gasteiger partial charge on any atom is -0.282 e. The van der Waals surface area contributed by atoms with E-state index in [0.29, 0.717) is 23.5 Å². The molecule has 0 spiro atoms. The number of fused-ring (bicyclic) bond motifs is 3. The average Bonchev–Trinajstić information content (AvgIpc) is 3.01. The van der Waals surface area contributed by atoms with E-state index >= 15 is 0 Å². The molecule has 0 aliphatic rings. The Hall–Kier alpha value is -3.23. The topological polar surface area (TPSA) is 78.0 Å². The number of hydrogen-bond donors (Lipinski definition) is 0. The summed E-state index contributed by atoms with van der Waals surface area (Å²) in [6.07, 6.45) is 2.07. The molecular formula is C15H10F2N6O. The molecule has 9 heteroatoms. The van der Waals surface area contributed by atoms with Crippen molar-refractivity contribution in [1.29, 1.82) is 0 Å². The first-order valence-electron chi connectivity index (χ1n) is 7.17. The highest BCUT2D eigenvalue weighted by atomic mass is 19.2. The molecule has 120 valence electrons. The van der Waals surface area contributed by atoms with Crippen LogP contribution < -0.4 is 5.56 Å². The SMILES string of the molecule is CCc1nc2nnc3c(=O)n(-c4ccc(F)c(F)c4)ccc3n2n1. The number of nitrogens with zero attached hydrogens (tertiary/aromatic N) is 6. The van der Waals surface area contributed by atoms with Crippen molar-refractivity contribution >= 4 is 16.8 Å². The van der Waals surface area contributed by atoms with Crippen LogP contribution in [0.2, 0.25) is 0 Å². The van der Waals surface area contributed by atoms with Crippen LogP contribution in [0.4, 0.5) is 8.78 Å². The Morgan fingerprint density at radius 1 is 1.12 bits per heavy atom. The molecule has 0 aliphatic carbocycles. The zero-order valence-electron chi connectivity index (χ0n) is 12.4. The fourth-order valence-corrected chi connectivity index (χ4v) is 2.43. The van der Waals surface area contributed by atoms with Crippen LogP contribution in [0.1, 0.15) is 12.7 Å². The predicted molar refractivity (Wildman–Crippen MR) is 81.0 cm³/mol. The van der Waals surface area contributed by atoms with Gasteiger partial charge in [0.15, 0.2) is 23.0 Å². The van der Waals surface area contributed by atoms with E-state index in [1.54, 1.807) is 6.07 Å². The Kier molecular flexibility index (Phi) is 3.08. The molecule has 4 aromatic rings. The molecule has 0 aliphatic heterocycles. The van der Waals surface area contributed by atoms with Gasteiger partial charge in [0, 0.05) is 18.7 Å². The van der Waals surface area contributed by atoms with E-state index in [9.17, 15) is 13.6 Å². The Morgan fingerprint density at radius 2 is 1.96 bits per heavy atom. The third kappa shape index (κ3) is 2.05. The number of rotatable bonds is 2. The summed E-state index contributed by atoms with van der Waals surface area (Å²) in [4.78, 5) is 16.8. The molecule has 0 radical (unpaired) electrons. The van der Waals surface area contributed by atoms with Gasteiger partial charge in [0.1, 0.15) is 5.52 Å². The Morgan fingerprint density at radius 3 is 2.71 bits per heavy atom. The van der Waals surface area contributed by atoms with Crippen molar-refractivity contribution in [3.8, 4) is 5.69 Å². The summed E-state index contributed by atoms with van der Waals surface area (Å²) in [6, 6.07) is 4.82. The normalized spacial score (nSPS) is 11.5. The van der Waals surface area contributed by atoms with Crippen LogP contribution in [0, 0.1) is 11.6 Å². The number of hydrogen-bond acceptors (Lipinski definition) is 5. The molecule has 0 N–H and O–H groups in total. The molecule has 0 saturated heterocycles. The minimum atomic E-state index is -1.04. The highest BCUT2D eigenvalue weighted by Crippen LogP contribution is 2.14. The Bertz CT molecular complexity index is 1150. The van der Waals surface area contributed by atoms with Crippen LogP contribution in [0.25, 0.3) is 22.5 Å². The molecule has 3 aromatic heterocycles. The molecule has 0 unspecified atom stereocenters. The first-order chi connectivity index (χ1) is 11.6. The van der Waals surface area contributed by atoms with Gasteiger partial charge in [-0.05, 0) is 18.2 Å². The number of benzene rings is 1. The van der Waals surface area contributed by atoms with Gasteiger partial charge < -0.3 is 0 Å². The summed E-state index contributed by atoms with van der Waals surface area (Å²) in [5.74, 6) is -1.14. The third-order valence-corrected chi connectivity index (χ3v) is 3.64. The van der Waals surface area contributed by atoms with E-state index in [0.717, 1.165) is 12.1 Å². The lowest BCUT2D eigenvalue weighted by molar-refractivity contribution is 0.508. The van der Waals surface area contributed by atoms with Gasteiger partial charge in [-0.3, -0.25) is 9.36 Å². The lowest BCUT2D eigenvalue weighted by Crippen LogP contribution is -2.20. The van der Waals surface area contributed by atoms with Gasteiger partial charge in [-0.25, -0.2) is 8.78 Å². The van der Waals surface area contributed by atoms with Gasteiger partial charge in [-0.2, -0.15) is 9.50 Å². The van der Waals surface area contributed by atoms with Gasteiger partial charge in [-0.1, -0.05) is 6.92 Å². The lowest BCUT2D eigenvalue weighted by Gasteiger charge is -2.07. The quantitative estimate of drug-likeness (QED) is 0.559. The maximum Gasteiger partial charge on any atom is 0.285 e. The van der Waals surface area contributed by atoms with E-state index < -0.39 is 17.2 Å². The maximum absolute atomic E-state index is 13.4. The van der Waals surface area contributed by atoms with Crippen LogP contribution in [-0.2, 0) is 6.42 Å². The molecule has 0 atom stereocenters. The molecule has 0 amide bonds. The average molecular weight is 328 g/mol. The van der Waals surface area contributed by atoms with Crippen molar-refractivity contribution < 1.29 is 8.78 Å². The van der Waals surface area contributed by atoms with E-state index in [1.165, 1.54) is 21.3 Å². The second-order valence-corrected chi connectivity index (χ2v) is 5.12. The molecule has 0 fully saturated rings. The van der Waals surface area contributed by atoms with Crippen LogP contribution in [-0.4, -0.2) is 29.4 Å². The van der Waals surface area contributed by atoms with E-state index in [1.807, 2.05) is 6.92 Å². The summed E-state index contributed by atoms with van der Waals surface area (Å²) in [6.45, 7) is 1.90. The van der Waals surface area contributed by atoms with Crippen molar-refractivity contribution in [2.45, 2.75) is 13.3 Å².